The molecular formula is C28H31ClN2O2S. The molecule has 2 unspecified atom stereocenters. The van der Waals surface area contributed by atoms with E-state index in [2.05, 4.69) is 31.4 Å². The van der Waals surface area contributed by atoms with Gasteiger partial charge in [0.25, 0.3) is 5.91 Å². The molecule has 2 aliphatic rings. The second-order valence-corrected chi connectivity index (χ2v) is 11.5. The lowest BCUT2D eigenvalue weighted by molar-refractivity contribution is 0.0934. The molecule has 0 saturated heterocycles. The van der Waals surface area contributed by atoms with Crippen LogP contribution in [0.3, 0.4) is 0 Å². The minimum Gasteiger partial charge on any atom is -0.489 e. The topological polar surface area (TPSA) is 50.4 Å². The van der Waals surface area contributed by atoms with Crippen molar-refractivity contribution in [2.75, 3.05) is 5.32 Å². The summed E-state index contributed by atoms with van der Waals surface area (Å²) in [5, 5.41) is 8.45. The van der Waals surface area contributed by atoms with Crippen molar-refractivity contribution in [1.82, 2.24) is 5.32 Å². The molecule has 2 atom stereocenters. The van der Waals surface area contributed by atoms with Crippen molar-refractivity contribution in [3.63, 3.8) is 0 Å². The second kappa shape index (κ2) is 9.27. The van der Waals surface area contributed by atoms with E-state index in [1.54, 1.807) is 11.3 Å². The Morgan fingerprint density at radius 2 is 1.88 bits per heavy atom. The van der Waals surface area contributed by atoms with Crippen LogP contribution in [-0.4, -0.2) is 5.91 Å². The zero-order valence-corrected chi connectivity index (χ0v) is 21.5. The summed E-state index contributed by atoms with van der Waals surface area (Å²) in [5.74, 6) is 1.47. The number of ether oxygens (including phenoxy) is 1. The molecular weight excluding hydrogens is 464 g/mol. The quantitative estimate of drug-likeness (QED) is 0.376. The summed E-state index contributed by atoms with van der Waals surface area (Å²) in [4.78, 5) is 14.5. The molecule has 0 saturated carbocycles. The number of thiophene rings is 1. The summed E-state index contributed by atoms with van der Waals surface area (Å²) in [7, 11) is 0. The van der Waals surface area contributed by atoms with E-state index in [4.69, 9.17) is 16.3 Å². The predicted octanol–water partition coefficient (Wildman–Crippen LogP) is 7.38. The van der Waals surface area contributed by atoms with Crippen molar-refractivity contribution in [1.29, 1.82) is 0 Å². The van der Waals surface area contributed by atoms with Gasteiger partial charge in [0.2, 0.25) is 0 Å². The lowest BCUT2D eigenvalue weighted by Crippen LogP contribution is -2.38. The second-order valence-electron chi connectivity index (χ2n) is 9.99. The van der Waals surface area contributed by atoms with Crippen LogP contribution < -0.4 is 15.4 Å². The summed E-state index contributed by atoms with van der Waals surface area (Å²) in [5.41, 5.74) is 4.41. The molecule has 2 heterocycles. The van der Waals surface area contributed by atoms with E-state index < -0.39 is 0 Å². The van der Waals surface area contributed by atoms with Crippen LogP contribution in [0.25, 0.3) is 0 Å². The summed E-state index contributed by atoms with van der Waals surface area (Å²) >= 11 is 7.99. The fourth-order valence-electron chi connectivity index (χ4n) is 4.95. The Labute approximate surface area is 210 Å². The first kappa shape index (κ1) is 23.3. The molecule has 0 radical (unpaired) electrons. The minimum absolute atomic E-state index is 0.0310. The molecule has 1 aliphatic heterocycles. The Balaban J connectivity index is 1.29. The molecule has 1 amide bonds. The fourth-order valence-corrected chi connectivity index (χ4v) is 6.50. The van der Waals surface area contributed by atoms with E-state index in [0.29, 0.717) is 23.0 Å². The minimum atomic E-state index is -0.249. The summed E-state index contributed by atoms with van der Waals surface area (Å²) in [6.07, 6.45) is 4.15. The van der Waals surface area contributed by atoms with Gasteiger partial charge in [0.15, 0.2) is 0 Å². The lowest BCUT2D eigenvalue weighted by Gasteiger charge is -2.36. The number of benzene rings is 2. The SMILES string of the molecule is CCC(C)(C)C1CCc2c(sc3c2C(=O)NC(c2ccc(OCc4ccccc4Cl)cc2)N3)C1. The van der Waals surface area contributed by atoms with Crippen LogP contribution in [0.1, 0.15) is 71.7 Å². The maximum atomic E-state index is 13.1. The molecule has 3 aromatic rings. The Bertz CT molecular complexity index is 1200. The van der Waals surface area contributed by atoms with Crippen molar-refractivity contribution < 1.29 is 9.53 Å². The molecule has 0 fully saturated rings. The van der Waals surface area contributed by atoms with Gasteiger partial charge in [0.1, 0.15) is 23.5 Å². The number of halogens is 1. The van der Waals surface area contributed by atoms with Gasteiger partial charge in [0.05, 0.1) is 5.56 Å². The molecule has 0 bridgehead atoms. The highest BCUT2D eigenvalue weighted by molar-refractivity contribution is 7.16. The number of amides is 1. The largest absolute Gasteiger partial charge is 0.489 e. The molecule has 34 heavy (non-hydrogen) atoms. The molecule has 2 aromatic carbocycles. The molecule has 6 heteroatoms. The highest BCUT2D eigenvalue weighted by atomic mass is 35.5. The maximum absolute atomic E-state index is 13.1. The van der Waals surface area contributed by atoms with E-state index in [9.17, 15) is 4.79 Å². The van der Waals surface area contributed by atoms with Crippen molar-refractivity contribution in [2.24, 2.45) is 11.3 Å². The first-order valence-electron chi connectivity index (χ1n) is 12.0. The standard InChI is InChI=1S/C28H31ClN2O2S/c1-4-28(2,3)19-11-14-21-23(15-19)34-27-24(21)26(32)30-25(31-27)17-9-12-20(13-10-17)33-16-18-7-5-6-8-22(18)29/h5-10,12-13,19,25,31H,4,11,14-16H2,1-3H3,(H,30,32). The summed E-state index contributed by atoms with van der Waals surface area (Å²) < 4.78 is 5.90. The van der Waals surface area contributed by atoms with Crippen LogP contribution in [0.2, 0.25) is 5.02 Å². The van der Waals surface area contributed by atoms with Crippen molar-refractivity contribution in [2.45, 2.75) is 59.2 Å². The van der Waals surface area contributed by atoms with Gasteiger partial charge < -0.3 is 15.4 Å². The Kier molecular flexibility index (Phi) is 6.34. The zero-order chi connectivity index (χ0) is 23.9. The average Bonchev–Trinajstić information content (AvgIpc) is 3.22. The van der Waals surface area contributed by atoms with Gasteiger partial charge in [-0.1, -0.05) is 69.1 Å². The molecule has 1 aromatic heterocycles. The van der Waals surface area contributed by atoms with E-state index in [-0.39, 0.29) is 12.1 Å². The van der Waals surface area contributed by atoms with E-state index >= 15 is 0 Å². The lowest BCUT2D eigenvalue weighted by atomic mass is 9.69. The Morgan fingerprint density at radius 3 is 2.62 bits per heavy atom. The molecule has 1 aliphatic carbocycles. The van der Waals surface area contributed by atoms with Gasteiger partial charge in [-0.05, 0) is 59.9 Å². The van der Waals surface area contributed by atoms with E-state index in [1.807, 2.05) is 48.5 Å². The monoisotopic (exact) mass is 494 g/mol. The molecule has 2 N–H and O–H groups in total. The number of rotatable bonds is 6. The number of fused-ring (bicyclic) bond motifs is 3. The zero-order valence-electron chi connectivity index (χ0n) is 19.9. The van der Waals surface area contributed by atoms with Crippen LogP contribution in [0.5, 0.6) is 5.75 Å². The number of carbonyl (C=O) groups is 1. The molecule has 178 valence electrons. The first-order valence-corrected chi connectivity index (χ1v) is 13.2. The predicted molar refractivity (Wildman–Crippen MR) is 140 cm³/mol. The fraction of sp³-hybridized carbons (Fsp3) is 0.393. The average molecular weight is 495 g/mol. The number of nitrogens with one attached hydrogen (secondary N) is 2. The number of hydrogen-bond acceptors (Lipinski definition) is 4. The summed E-state index contributed by atoms with van der Waals surface area (Å²) in [6, 6.07) is 15.6. The molecule has 5 rings (SSSR count). The third-order valence-electron chi connectivity index (χ3n) is 7.63. The van der Waals surface area contributed by atoms with Gasteiger partial charge in [-0.15, -0.1) is 11.3 Å². The van der Waals surface area contributed by atoms with Crippen molar-refractivity contribution >= 4 is 33.8 Å². The molecule has 0 spiro atoms. The highest BCUT2D eigenvalue weighted by Gasteiger charge is 2.37. The third-order valence-corrected chi connectivity index (χ3v) is 9.18. The van der Waals surface area contributed by atoms with Crippen LogP contribution in [0, 0.1) is 11.3 Å². The summed E-state index contributed by atoms with van der Waals surface area (Å²) in [6.45, 7) is 7.44. The molecule has 4 nitrogen and oxygen atoms in total. The Morgan fingerprint density at radius 1 is 1.12 bits per heavy atom. The Hall–Kier alpha value is -2.50. The van der Waals surface area contributed by atoms with Gasteiger partial charge in [-0.25, -0.2) is 0 Å². The maximum Gasteiger partial charge on any atom is 0.256 e. The van der Waals surface area contributed by atoms with Crippen LogP contribution in [0.15, 0.2) is 48.5 Å². The van der Waals surface area contributed by atoms with Crippen molar-refractivity contribution in [3.8, 4) is 5.75 Å². The van der Waals surface area contributed by atoms with Crippen LogP contribution in [-0.2, 0) is 19.4 Å². The smallest absolute Gasteiger partial charge is 0.256 e. The van der Waals surface area contributed by atoms with Gasteiger partial charge in [-0.3, -0.25) is 4.79 Å². The third kappa shape index (κ3) is 4.44. The first-order chi connectivity index (χ1) is 16.4. The van der Waals surface area contributed by atoms with Gasteiger partial charge in [0, 0.05) is 15.5 Å². The van der Waals surface area contributed by atoms with E-state index in [0.717, 1.165) is 46.7 Å². The highest BCUT2D eigenvalue weighted by Crippen LogP contribution is 2.47. The van der Waals surface area contributed by atoms with Gasteiger partial charge >= 0.3 is 0 Å². The van der Waals surface area contributed by atoms with Gasteiger partial charge in [-0.2, -0.15) is 0 Å². The van der Waals surface area contributed by atoms with Crippen LogP contribution >= 0.6 is 22.9 Å². The number of anilines is 1. The van der Waals surface area contributed by atoms with Crippen molar-refractivity contribution in [3.05, 3.63) is 80.7 Å². The van der Waals surface area contributed by atoms with E-state index in [1.165, 1.54) is 16.9 Å². The van der Waals surface area contributed by atoms with Crippen LogP contribution in [0.4, 0.5) is 5.00 Å². The normalized spacial score (nSPS) is 19.6. The number of carbonyl (C=O) groups excluding carboxylic acids is 1. The number of hydrogen-bond donors (Lipinski definition) is 2.